The molecule has 1 saturated carbocycles. The SMILES string of the molecule is CC(C(=O)NC1CC1)N1CCN(Cc2cn3cc(Cl)ccc3n2)CC1. The number of pyridine rings is 1. The Morgan fingerprint density at radius 1 is 1.28 bits per heavy atom. The van der Waals surface area contributed by atoms with Crippen LogP contribution in [0.4, 0.5) is 0 Å². The number of imidazole rings is 1. The van der Waals surface area contributed by atoms with Crippen molar-refractivity contribution in [2.45, 2.75) is 38.4 Å². The van der Waals surface area contributed by atoms with Gasteiger partial charge < -0.3 is 9.72 Å². The average molecular weight is 362 g/mol. The molecule has 6 nitrogen and oxygen atoms in total. The number of halogens is 1. The Bertz CT molecular complexity index is 764. The number of rotatable bonds is 5. The molecule has 134 valence electrons. The highest BCUT2D eigenvalue weighted by atomic mass is 35.5. The van der Waals surface area contributed by atoms with E-state index in [-0.39, 0.29) is 11.9 Å². The number of fused-ring (bicyclic) bond motifs is 1. The first-order valence-electron chi connectivity index (χ1n) is 8.98. The van der Waals surface area contributed by atoms with E-state index in [1.807, 2.05) is 35.9 Å². The monoisotopic (exact) mass is 361 g/mol. The van der Waals surface area contributed by atoms with Gasteiger partial charge in [-0.3, -0.25) is 14.6 Å². The van der Waals surface area contributed by atoms with Crippen molar-refractivity contribution in [2.24, 2.45) is 0 Å². The van der Waals surface area contributed by atoms with Crippen molar-refractivity contribution in [3.05, 3.63) is 35.2 Å². The second kappa shape index (κ2) is 6.94. The van der Waals surface area contributed by atoms with Gasteiger partial charge in [0, 0.05) is 51.2 Å². The quantitative estimate of drug-likeness (QED) is 0.882. The smallest absolute Gasteiger partial charge is 0.237 e. The van der Waals surface area contributed by atoms with Gasteiger partial charge in [0.1, 0.15) is 5.65 Å². The van der Waals surface area contributed by atoms with Gasteiger partial charge in [-0.05, 0) is 31.9 Å². The van der Waals surface area contributed by atoms with E-state index in [4.69, 9.17) is 11.6 Å². The van der Waals surface area contributed by atoms with Gasteiger partial charge in [-0.1, -0.05) is 11.6 Å². The lowest BCUT2D eigenvalue weighted by molar-refractivity contribution is -0.126. The van der Waals surface area contributed by atoms with Crippen LogP contribution in [0.1, 0.15) is 25.5 Å². The fourth-order valence-corrected chi connectivity index (χ4v) is 3.51. The van der Waals surface area contributed by atoms with E-state index in [2.05, 4.69) is 20.1 Å². The third-order valence-electron chi connectivity index (χ3n) is 5.11. The largest absolute Gasteiger partial charge is 0.352 e. The van der Waals surface area contributed by atoms with Crippen LogP contribution in [-0.2, 0) is 11.3 Å². The third kappa shape index (κ3) is 3.97. The van der Waals surface area contributed by atoms with Crippen molar-refractivity contribution >= 4 is 23.2 Å². The first-order valence-corrected chi connectivity index (χ1v) is 9.36. The second-order valence-electron chi connectivity index (χ2n) is 7.12. The fourth-order valence-electron chi connectivity index (χ4n) is 3.35. The molecule has 0 bridgehead atoms. The summed E-state index contributed by atoms with van der Waals surface area (Å²) in [5, 5.41) is 3.82. The summed E-state index contributed by atoms with van der Waals surface area (Å²) in [4.78, 5) is 21.5. The number of hydrogen-bond donors (Lipinski definition) is 1. The van der Waals surface area contributed by atoms with Crippen LogP contribution in [0.25, 0.3) is 5.65 Å². The molecule has 1 saturated heterocycles. The summed E-state index contributed by atoms with van der Waals surface area (Å²) in [6.45, 7) is 6.58. The van der Waals surface area contributed by atoms with Gasteiger partial charge in [-0.2, -0.15) is 0 Å². The van der Waals surface area contributed by atoms with E-state index >= 15 is 0 Å². The lowest BCUT2D eigenvalue weighted by Gasteiger charge is -2.37. The van der Waals surface area contributed by atoms with Crippen LogP contribution in [-0.4, -0.2) is 63.4 Å². The van der Waals surface area contributed by atoms with Gasteiger partial charge >= 0.3 is 0 Å². The number of carbonyl (C=O) groups is 1. The van der Waals surface area contributed by atoms with E-state index in [1.165, 1.54) is 0 Å². The Kier molecular flexibility index (Phi) is 4.67. The molecule has 1 N–H and O–H groups in total. The molecule has 0 radical (unpaired) electrons. The Hall–Kier alpha value is -1.63. The van der Waals surface area contributed by atoms with Crippen molar-refractivity contribution in [3.63, 3.8) is 0 Å². The molecule has 1 aliphatic heterocycles. The summed E-state index contributed by atoms with van der Waals surface area (Å²) in [5.41, 5.74) is 1.97. The Morgan fingerprint density at radius 3 is 2.76 bits per heavy atom. The van der Waals surface area contributed by atoms with E-state index in [0.29, 0.717) is 11.1 Å². The van der Waals surface area contributed by atoms with Crippen molar-refractivity contribution < 1.29 is 4.79 Å². The van der Waals surface area contributed by atoms with E-state index < -0.39 is 0 Å². The molecule has 4 rings (SSSR count). The number of piperazine rings is 1. The maximum absolute atomic E-state index is 12.2. The molecule has 2 fully saturated rings. The summed E-state index contributed by atoms with van der Waals surface area (Å²) >= 11 is 6.03. The van der Waals surface area contributed by atoms with Gasteiger partial charge in [0.15, 0.2) is 0 Å². The summed E-state index contributed by atoms with van der Waals surface area (Å²) < 4.78 is 1.97. The molecule has 1 unspecified atom stereocenters. The number of nitrogens with zero attached hydrogens (tertiary/aromatic N) is 4. The molecule has 7 heteroatoms. The predicted molar refractivity (Wildman–Crippen MR) is 97.7 cm³/mol. The first-order chi connectivity index (χ1) is 12.1. The molecular formula is C18H24ClN5O. The van der Waals surface area contributed by atoms with E-state index in [1.54, 1.807) is 0 Å². The van der Waals surface area contributed by atoms with E-state index in [9.17, 15) is 4.79 Å². The van der Waals surface area contributed by atoms with Crippen LogP contribution in [0, 0.1) is 0 Å². The minimum Gasteiger partial charge on any atom is -0.352 e. The maximum atomic E-state index is 12.2. The van der Waals surface area contributed by atoms with Crippen molar-refractivity contribution in [1.82, 2.24) is 24.5 Å². The highest BCUT2D eigenvalue weighted by molar-refractivity contribution is 6.30. The molecule has 1 aliphatic carbocycles. The zero-order valence-corrected chi connectivity index (χ0v) is 15.2. The third-order valence-corrected chi connectivity index (χ3v) is 5.33. The number of carbonyl (C=O) groups excluding carboxylic acids is 1. The molecule has 0 aromatic carbocycles. The topological polar surface area (TPSA) is 52.9 Å². The van der Waals surface area contributed by atoms with Crippen molar-refractivity contribution in [1.29, 1.82) is 0 Å². The maximum Gasteiger partial charge on any atom is 0.237 e. The molecule has 3 heterocycles. The summed E-state index contributed by atoms with van der Waals surface area (Å²) in [5.74, 6) is 0.174. The van der Waals surface area contributed by atoms with Gasteiger partial charge in [-0.25, -0.2) is 4.98 Å². The van der Waals surface area contributed by atoms with Crippen LogP contribution in [0.5, 0.6) is 0 Å². The minimum absolute atomic E-state index is 0.0416. The standard InChI is InChI=1S/C18H24ClN5O/c1-13(18(25)21-15-3-4-15)23-8-6-22(7-9-23)11-16-12-24-10-14(19)2-5-17(24)20-16/h2,5,10,12-13,15H,3-4,6-9,11H2,1H3,(H,21,25). The molecule has 2 aromatic heterocycles. The van der Waals surface area contributed by atoms with E-state index in [0.717, 1.165) is 56.9 Å². The van der Waals surface area contributed by atoms with Gasteiger partial charge in [0.25, 0.3) is 0 Å². The van der Waals surface area contributed by atoms with Gasteiger partial charge in [0.05, 0.1) is 16.8 Å². The average Bonchev–Trinajstić information content (AvgIpc) is 3.32. The van der Waals surface area contributed by atoms with Crippen molar-refractivity contribution in [2.75, 3.05) is 26.2 Å². The Morgan fingerprint density at radius 2 is 2.04 bits per heavy atom. The zero-order chi connectivity index (χ0) is 17.4. The van der Waals surface area contributed by atoms with Crippen LogP contribution in [0.3, 0.4) is 0 Å². The first kappa shape index (κ1) is 16.8. The summed E-state index contributed by atoms with van der Waals surface area (Å²) in [6.07, 6.45) is 6.19. The predicted octanol–water partition coefficient (Wildman–Crippen LogP) is 1.77. The molecule has 0 spiro atoms. The zero-order valence-electron chi connectivity index (χ0n) is 14.5. The lowest BCUT2D eigenvalue weighted by atomic mass is 10.2. The molecule has 2 aromatic rings. The molecule has 1 atom stereocenters. The summed E-state index contributed by atoms with van der Waals surface area (Å²) in [7, 11) is 0. The van der Waals surface area contributed by atoms with Crippen LogP contribution >= 0.6 is 11.6 Å². The van der Waals surface area contributed by atoms with Crippen LogP contribution in [0.15, 0.2) is 24.5 Å². The number of hydrogen-bond acceptors (Lipinski definition) is 4. The number of nitrogens with one attached hydrogen (secondary N) is 1. The molecule has 2 aliphatic rings. The summed E-state index contributed by atoms with van der Waals surface area (Å²) in [6, 6.07) is 4.18. The molecular weight excluding hydrogens is 338 g/mol. The molecule has 25 heavy (non-hydrogen) atoms. The Labute approximate surface area is 152 Å². The Balaban J connectivity index is 1.31. The van der Waals surface area contributed by atoms with Crippen LogP contribution in [0.2, 0.25) is 5.02 Å². The lowest BCUT2D eigenvalue weighted by Crippen LogP contribution is -2.53. The second-order valence-corrected chi connectivity index (χ2v) is 7.55. The normalized spacial score (nSPS) is 20.7. The number of aromatic nitrogens is 2. The number of amides is 1. The molecule has 1 amide bonds. The highest BCUT2D eigenvalue weighted by Crippen LogP contribution is 2.19. The van der Waals surface area contributed by atoms with Crippen LogP contribution < -0.4 is 5.32 Å². The van der Waals surface area contributed by atoms with Gasteiger partial charge in [-0.15, -0.1) is 0 Å². The minimum atomic E-state index is -0.0416. The van der Waals surface area contributed by atoms with Gasteiger partial charge in [0.2, 0.25) is 5.91 Å². The highest BCUT2D eigenvalue weighted by Gasteiger charge is 2.30. The van der Waals surface area contributed by atoms with Crippen molar-refractivity contribution in [3.8, 4) is 0 Å². The fraction of sp³-hybridized carbons (Fsp3) is 0.556.